The number of carbonyl (C=O) groups is 1. The predicted octanol–water partition coefficient (Wildman–Crippen LogP) is -2.52. The Morgan fingerprint density at radius 2 is 2.08 bits per heavy atom. The Labute approximate surface area is 156 Å². The number of nitrogens with two attached hydrogens (primary N) is 1. The van der Waals surface area contributed by atoms with Crippen molar-refractivity contribution in [2.24, 2.45) is 5.73 Å². The zero-order valence-electron chi connectivity index (χ0n) is 14.6. The van der Waals surface area contributed by atoms with Gasteiger partial charge in [-0.3, -0.25) is 4.79 Å². The molecule has 0 saturated heterocycles. The molecule has 1 aliphatic rings. The SMILES string of the molecule is C[C@](O)(C[NH3+])c1cc2c(c(-c3ccc(F)cc3)n1)OC[C@]2(C)C(N)=O.[Cl-]. The van der Waals surface area contributed by atoms with E-state index in [1.54, 1.807) is 32.0 Å². The van der Waals surface area contributed by atoms with Gasteiger partial charge in [0, 0.05) is 11.1 Å². The third-order valence-corrected chi connectivity index (χ3v) is 4.77. The van der Waals surface area contributed by atoms with Crippen molar-refractivity contribution in [3.8, 4) is 17.0 Å². The lowest BCUT2D eigenvalue weighted by Gasteiger charge is -2.23. The number of carbonyl (C=O) groups excluding carboxylic acids is 1. The van der Waals surface area contributed by atoms with Gasteiger partial charge in [0.05, 0.1) is 5.69 Å². The van der Waals surface area contributed by atoms with E-state index >= 15 is 0 Å². The van der Waals surface area contributed by atoms with Gasteiger partial charge in [0.15, 0.2) is 5.60 Å². The predicted molar refractivity (Wildman–Crippen MR) is 89.0 cm³/mol. The maximum absolute atomic E-state index is 13.3. The lowest BCUT2D eigenvalue weighted by molar-refractivity contribution is -0.400. The number of pyridine rings is 1. The summed E-state index contributed by atoms with van der Waals surface area (Å²) in [5, 5.41) is 10.6. The molecule has 0 radical (unpaired) electrons. The quantitative estimate of drug-likeness (QED) is 0.542. The number of fused-ring (bicyclic) bond motifs is 1. The highest BCUT2D eigenvalue weighted by Gasteiger charge is 2.45. The summed E-state index contributed by atoms with van der Waals surface area (Å²) in [5.74, 6) is -0.469. The molecule has 2 atom stereocenters. The van der Waals surface area contributed by atoms with Crippen molar-refractivity contribution in [1.82, 2.24) is 4.98 Å². The number of halogens is 2. The summed E-state index contributed by atoms with van der Waals surface area (Å²) in [6.45, 7) is 3.57. The number of quaternary nitrogens is 1. The molecule has 1 amide bonds. The number of rotatable bonds is 4. The molecule has 26 heavy (non-hydrogen) atoms. The Morgan fingerprint density at radius 1 is 1.46 bits per heavy atom. The van der Waals surface area contributed by atoms with E-state index in [4.69, 9.17) is 10.5 Å². The molecule has 1 aromatic carbocycles. The van der Waals surface area contributed by atoms with Crippen LogP contribution >= 0.6 is 0 Å². The molecule has 2 aromatic rings. The van der Waals surface area contributed by atoms with Crippen molar-refractivity contribution in [1.29, 1.82) is 0 Å². The summed E-state index contributed by atoms with van der Waals surface area (Å²) >= 11 is 0. The highest BCUT2D eigenvalue weighted by atomic mass is 35.5. The van der Waals surface area contributed by atoms with Crippen LogP contribution in [0.5, 0.6) is 5.75 Å². The maximum Gasteiger partial charge on any atom is 0.231 e. The Kier molecular flexibility index (Phi) is 5.28. The maximum atomic E-state index is 13.3. The smallest absolute Gasteiger partial charge is 0.231 e. The standard InChI is InChI=1S/C18H20FN3O3.ClH/c1-17(16(21)23)9-25-15-12(17)7-13(18(2,24)8-20)22-14(15)10-3-5-11(19)6-4-10;/h3-7,24H,8-9,20H2,1-2H3,(H2,21,23);1H/t17-,18-;/m0./s1. The van der Waals surface area contributed by atoms with E-state index in [0.29, 0.717) is 28.3 Å². The van der Waals surface area contributed by atoms with Crippen LogP contribution in [0, 0.1) is 5.82 Å². The molecule has 1 aliphatic heterocycles. The van der Waals surface area contributed by atoms with Gasteiger partial charge < -0.3 is 33.7 Å². The minimum Gasteiger partial charge on any atom is -1.00 e. The fourth-order valence-electron chi connectivity index (χ4n) is 2.79. The summed E-state index contributed by atoms with van der Waals surface area (Å²) in [6, 6.07) is 7.43. The molecular formula is C18H21ClFN3O3. The van der Waals surface area contributed by atoms with E-state index in [2.05, 4.69) is 10.7 Å². The van der Waals surface area contributed by atoms with Crippen LogP contribution in [0.15, 0.2) is 30.3 Å². The van der Waals surface area contributed by atoms with Gasteiger partial charge in [0.2, 0.25) is 5.91 Å². The Balaban J connectivity index is 0.00000243. The van der Waals surface area contributed by atoms with Gasteiger partial charge in [-0.25, -0.2) is 9.37 Å². The normalized spacial score (nSPS) is 20.5. The van der Waals surface area contributed by atoms with Crippen LogP contribution < -0.4 is 28.6 Å². The van der Waals surface area contributed by atoms with E-state index in [-0.39, 0.29) is 31.4 Å². The fraction of sp³-hybridized carbons (Fsp3) is 0.333. The van der Waals surface area contributed by atoms with Gasteiger partial charge >= 0.3 is 0 Å². The van der Waals surface area contributed by atoms with Crippen LogP contribution in [-0.2, 0) is 15.8 Å². The largest absolute Gasteiger partial charge is 1.00 e. The first-order valence-electron chi connectivity index (χ1n) is 7.95. The molecule has 140 valence electrons. The number of primary amides is 1. The number of aliphatic hydroxyl groups is 1. The van der Waals surface area contributed by atoms with Gasteiger partial charge in [-0.2, -0.15) is 0 Å². The van der Waals surface area contributed by atoms with Crippen molar-refractivity contribution >= 4 is 5.91 Å². The van der Waals surface area contributed by atoms with Crippen molar-refractivity contribution in [2.45, 2.75) is 24.9 Å². The van der Waals surface area contributed by atoms with Gasteiger partial charge in [-0.05, 0) is 44.2 Å². The summed E-state index contributed by atoms with van der Waals surface area (Å²) in [7, 11) is 0. The highest BCUT2D eigenvalue weighted by molar-refractivity contribution is 5.90. The number of amides is 1. The first-order valence-corrected chi connectivity index (χ1v) is 7.95. The molecule has 0 spiro atoms. The first-order chi connectivity index (χ1) is 11.7. The molecule has 6 nitrogen and oxygen atoms in total. The Hall–Kier alpha value is -2.22. The summed E-state index contributed by atoms with van der Waals surface area (Å²) < 4.78 is 19.0. The minimum absolute atomic E-state index is 0. The van der Waals surface area contributed by atoms with Crippen LogP contribution in [0.4, 0.5) is 4.39 Å². The third kappa shape index (κ3) is 3.13. The molecule has 3 rings (SSSR count). The van der Waals surface area contributed by atoms with E-state index in [9.17, 15) is 14.3 Å². The van der Waals surface area contributed by atoms with Gasteiger partial charge in [0.1, 0.15) is 35.8 Å². The number of ether oxygens (including phenoxy) is 1. The van der Waals surface area contributed by atoms with Crippen LogP contribution in [0.3, 0.4) is 0 Å². The molecule has 1 aromatic heterocycles. The number of aromatic nitrogens is 1. The van der Waals surface area contributed by atoms with Crippen LogP contribution in [0.2, 0.25) is 0 Å². The molecule has 0 bridgehead atoms. The topological polar surface area (TPSA) is 113 Å². The van der Waals surface area contributed by atoms with Crippen LogP contribution in [0.25, 0.3) is 11.3 Å². The summed E-state index contributed by atoms with van der Waals surface area (Å²) in [4.78, 5) is 16.5. The molecule has 8 heteroatoms. The lowest BCUT2D eigenvalue weighted by atomic mass is 9.82. The van der Waals surface area contributed by atoms with E-state index in [1.807, 2.05) is 0 Å². The van der Waals surface area contributed by atoms with Gasteiger partial charge in [-0.1, -0.05) is 0 Å². The average Bonchev–Trinajstić information content (AvgIpc) is 2.93. The number of hydrogen-bond donors (Lipinski definition) is 3. The zero-order chi connectivity index (χ0) is 18.4. The summed E-state index contributed by atoms with van der Waals surface area (Å²) in [5.41, 5.74) is 9.00. The van der Waals surface area contributed by atoms with Crippen molar-refractivity contribution < 1.29 is 37.2 Å². The first kappa shape index (κ1) is 20.1. The van der Waals surface area contributed by atoms with Gasteiger partial charge in [-0.15, -0.1) is 0 Å². The van der Waals surface area contributed by atoms with E-state index in [1.165, 1.54) is 12.1 Å². The molecule has 0 unspecified atom stereocenters. The van der Waals surface area contributed by atoms with E-state index in [0.717, 1.165) is 0 Å². The second-order valence-corrected chi connectivity index (χ2v) is 6.75. The second kappa shape index (κ2) is 6.83. The Bertz CT molecular complexity index is 842. The molecule has 0 aliphatic carbocycles. The molecular weight excluding hydrogens is 361 g/mol. The third-order valence-electron chi connectivity index (χ3n) is 4.77. The van der Waals surface area contributed by atoms with Crippen molar-refractivity contribution in [3.63, 3.8) is 0 Å². The highest BCUT2D eigenvalue weighted by Crippen LogP contribution is 2.45. The number of benzene rings is 1. The van der Waals surface area contributed by atoms with Crippen molar-refractivity contribution in [2.75, 3.05) is 13.2 Å². The molecule has 0 fully saturated rings. The molecule has 2 heterocycles. The second-order valence-electron chi connectivity index (χ2n) is 6.75. The summed E-state index contributed by atoms with van der Waals surface area (Å²) in [6.07, 6.45) is 0. The monoisotopic (exact) mass is 381 g/mol. The number of hydrogen-bond acceptors (Lipinski definition) is 4. The van der Waals surface area contributed by atoms with Crippen LogP contribution in [0.1, 0.15) is 25.1 Å². The van der Waals surface area contributed by atoms with Gasteiger partial charge in [0.25, 0.3) is 0 Å². The van der Waals surface area contributed by atoms with E-state index < -0.39 is 16.9 Å². The Morgan fingerprint density at radius 3 is 2.62 bits per heavy atom. The molecule has 0 saturated carbocycles. The molecule has 6 N–H and O–H groups in total. The average molecular weight is 382 g/mol. The zero-order valence-corrected chi connectivity index (χ0v) is 15.3. The lowest BCUT2D eigenvalue weighted by Crippen LogP contribution is -3.00. The van der Waals surface area contributed by atoms with Crippen molar-refractivity contribution in [3.05, 3.63) is 47.4 Å². The number of nitrogens with zero attached hydrogens (tertiary/aromatic N) is 1. The van der Waals surface area contributed by atoms with Crippen LogP contribution in [-0.4, -0.2) is 29.1 Å². The fourth-order valence-corrected chi connectivity index (χ4v) is 2.79. The minimum atomic E-state index is -1.29.